The second-order valence-corrected chi connectivity index (χ2v) is 4.98. The molecule has 2 fully saturated rings. The van der Waals surface area contributed by atoms with Crippen molar-refractivity contribution in [1.29, 1.82) is 5.26 Å². The highest BCUT2D eigenvalue weighted by Gasteiger charge is 2.43. The number of hydrogen-bond donors (Lipinski definition) is 0. The summed E-state index contributed by atoms with van der Waals surface area (Å²) in [4.78, 5) is 2.61. The fourth-order valence-corrected chi connectivity index (χ4v) is 2.83. The molecule has 1 saturated carbocycles. The lowest BCUT2D eigenvalue weighted by molar-refractivity contribution is 0.207. The number of piperidine rings is 1. The molecule has 1 heterocycles. The van der Waals surface area contributed by atoms with Gasteiger partial charge in [-0.15, -0.1) is 0 Å². The van der Waals surface area contributed by atoms with Gasteiger partial charge in [-0.25, -0.2) is 0 Å². The van der Waals surface area contributed by atoms with Crippen molar-refractivity contribution < 1.29 is 0 Å². The Morgan fingerprint density at radius 1 is 1.31 bits per heavy atom. The van der Waals surface area contributed by atoms with Crippen LogP contribution in [0.4, 0.5) is 0 Å². The van der Waals surface area contributed by atoms with Gasteiger partial charge in [0.15, 0.2) is 0 Å². The van der Waals surface area contributed by atoms with Gasteiger partial charge in [0.2, 0.25) is 0 Å². The maximum atomic E-state index is 8.74. The van der Waals surface area contributed by atoms with E-state index in [1.807, 2.05) is 12.1 Å². The Bertz CT molecular complexity index is 415. The summed E-state index contributed by atoms with van der Waals surface area (Å²) in [6.07, 6.45) is 4.21. The Kier molecular flexibility index (Phi) is 2.41. The van der Waals surface area contributed by atoms with Gasteiger partial charge in [-0.3, -0.25) is 4.90 Å². The predicted molar refractivity (Wildman–Crippen MR) is 62.7 cm³/mol. The first-order valence-corrected chi connectivity index (χ1v) is 6.10. The summed E-state index contributed by atoms with van der Waals surface area (Å²) in [5.41, 5.74) is 2.10. The smallest absolute Gasteiger partial charge is 0.0991 e. The topological polar surface area (TPSA) is 27.0 Å². The molecule has 0 amide bonds. The number of nitriles is 1. The maximum absolute atomic E-state index is 8.74. The summed E-state index contributed by atoms with van der Waals surface area (Å²) in [6.45, 7) is 2.31. The standard InChI is InChI=1S/C14H16N2/c15-9-11-3-5-12(6-4-11)10-16-7-1-2-13-8-14(13)16/h3-6,13-14H,1-2,7-8,10H2. The molecule has 3 rings (SSSR count). The lowest BCUT2D eigenvalue weighted by Crippen LogP contribution is -2.31. The molecule has 1 saturated heterocycles. The summed E-state index contributed by atoms with van der Waals surface area (Å²) >= 11 is 0. The van der Waals surface area contributed by atoms with Crippen molar-refractivity contribution in [2.75, 3.05) is 6.54 Å². The summed E-state index contributed by atoms with van der Waals surface area (Å²) in [7, 11) is 0. The highest BCUT2D eigenvalue weighted by Crippen LogP contribution is 2.43. The van der Waals surface area contributed by atoms with Gasteiger partial charge in [-0.2, -0.15) is 5.26 Å². The second-order valence-electron chi connectivity index (χ2n) is 4.98. The van der Waals surface area contributed by atoms with Gasteiger partial charge >= 0.3 is 0 Å². The predicted octanol–water partition coefficient (Wildman–Crippen LogP) is 2.54. The largest absolute Gasteiger partial charge is 0.296 e. The number of rotatable bonds is 2. The van der Waals surface area contributed by atoms with Crippen LogP contribution in [0.2, 0.25) is 0 Å². The Morgan fingerprint density at radius 3 is 2.88 bits per heavy atom. The quantitative estimate of drug-likeness (QED) is 0.753. The van der Waals surface area contributed by atoms with Gasteiger partial charge < -0.3 is 0 Å². The Hall–Kier alpha value is -1.33. The van der Waals surface area contributed by atoms with Crippen molar-refractivity contribution in [3.63, 3.8) is 0 Å². The van der Waals surface area contributed by atoms with Gasteiger partial charge in [-0.1, -0.05) is 12.1 Å². The summed E-state index contributed by atoms with van der Waals surface area (Å²) in [5.74, 6) is 0.993. The van der Waals surface area contributed by atoms with E-state index in [0.29, 0.717) is 0 Å². The first kappa shape index (κ1) is 9.86. The van der Waals surface area contributed by atoms with E-state index in [2.05, 4.69) is 23.1 Å². The van der Waals surface area contributed by atoms with Crippen molar-refractivity contribution in [2.45, 2.75) is 31.8 Å². The lowest BCUT2D eigenvalue weighted by Gasteiger charge is -2.26. The molecule has 1 aliphatic carbocycles. The summed E-state index contributed by atoms with van der Waals surface area (Å²) in [5, 5.41) is 8.74. The van der Waals surface area contributed by atoms with Crippen LogP contribution in [0.25, 0.3) is 0 Å². The molecule has 2 heteroatoms. The molecule has 0 N–H and O–H groups in total. The number of hydrogen-bond acceptors (Lipinski definition) is 2. The zero-order valence-electron chi connectivity index (χ0n) is 9.39. The maximum Gasteiger partial charge on any atom is 0.0991 e. The zero-order valence-corrected chi connectivity index (χ0v) is 9.39. The molecule has 2 atom stereocenters. The van der Waals surface area contributed by atoms with E-state index in [0.717, 1.165) is 24.1 Å². The SMILES string of the molecule is N#Cc1ccc(CN2CCCC3CC32)cc1. The van der Waals surface area contributed by atoms with Gasteiger partial charge in [0, 0.05) is 12.6 Å². The fourth-order valence-electron chi connectivity index (χ4n) is 2.83. The van der Waals surface area contributed by atoms with Crippen LogP contribution in [0.15, 0.2) is 24.3 Å². The Morgan fingerprint density at radius 2 is 2.12 bits per heavy atom. The number of benzene rings is 1. The van der Waals surface area contributed by atoms with E-state index < -0.39 is 0 Å². The minimum atomic E-state index is 0.756. The lowest BCUT2D eigenvalue weighted by atomic mass is 10.1. The number of likely N-dealkylation sites (tertiary alicyclic amines) is 1. The van der Waals surface area contributed by atoms with Gasteiger partial charge in [0.1, 0.15) is 0 Å². The molecule has 1 aromatic carbocycles. The van der Waals surface area contributed by atoms with E-state index in [1.165, 1.54) is 31.4 Å². The summed E-state index contributed by atoms with van der Waals surface area (Å²) in [6, 6.07) is 11.0. The van der Waals surface area contributed by atoms with Crippen molar-refractivity contribution in [3.05, 3.63) is 35.4 Å². The fraction of sp³-hybridized carbons (Fsp3) is 0.500. The molecule has 2 aliphatic rings. The minimum Gasteiger partial charge on any atom is -0.296 e. The minimum absolute atomic E-state index is 0.756. The second kappa shape index (κ2) is 3.92. The number of fused-ring (bicyclic) bond motifs is 1. The van der Waals surface area contributed by atoms with Crippen molar-refractivity contribution in [2.24, 2.45) is 5.92 Å². The normalized spacial score (nSPS) is 28.2. The van der Waals surface area contributed by atoms with E-state index in [4.69, 9.17) is 5.26 Å². The van der Waals surface area contributed by atoms with Crippen molar-refractivity contribution >= 4 is 0 Å². The molecule has 0 spiro atoms. The van der Waals surface area contributed by atoms with Crippen LogP contribution in [0.1, 0.15) is 30.4 Å². The number of nitrogens with zero attached hydrogens (tertiary/aromatic N) is 2. The van der Waals surface area contributed by atoms with Crippen LogP contribution in [-0.4, -0.2) is 17.5 Å². The third-order valence-corrected chi connectivity index (χ3v) is 3.84. The van der Waals surface area contributed by atoms with Crippen LogP contribution in [0, 0.1) is 17.2 Å². The molecule has 2 unspecified atom stereocenters. The van der Waals surface area contributed by atoms with E-state index in [1.54, 1.807) is 0 Å². The average molecular weight is 212 g/mol. The molecule has 0 bridgehead atoms. The summed E-state index contributed by atoms with van der Waals surface area (Å²) < 4.78 is 0. The Balaban J connectivity index is 1.67. The molecular weight excluding hydrogens is 196 g/mol. The van der Waals surface area contributed by atoms with Crippen molar-refractivity contribution in [1.82, 2.24) is 4.90 Å². The van der Waals surface area contributed by atoms with Crippen LogP contribution in [0.3, 0.4) is 0 Å². The molecule has 1 aliphatic heterocycles. The molecule has 2 nitrogen and oxygen atoms in total. The molecule has 16 heavy (non-hydrogen) atoms. The van der Waals surface area contributed by atoms with Crippen LogP contribution in [-0.2, 0) is 6.54 Å². The molecular formula is C14H16N2. The first-order valence-electron chi connectivity index (χ1n) is 6.10. The zero-order chi connectivity index (χ0) is 11.0. The van der Waals surface area contributed by atoms with E-state index in [-0.39, 0.29) is 0 Å². The van der Waals surface area contributed by atoms with Crippen LogP contribution >= 0.6 is 0 Å². The monoisotopic (exact) mass is 212 g/mol. The van der Waals surface area contributed by atoms with E-state index >= 15 is 0 Å². The Labute approximate surface area is 96.5 Å². The van der Waals surface area contributed by atoms with Crippen molar-refractivity contribution in [3.8, 4) is 6.07 Å². The molecule has 82 valence electrons. The first-order chi connectivity index (χ1) is 7.86. The third-order valence-electron chi connectivity index (χ3n) is 3.84. The van der Waals surface area contributed by atoms with Crippen LogP contribution < -0.4 is 0 Å². The average Bonchev–Trinajstić information content (AvgIpc) is 3.10. The van der Waals surface area contributed by atoms with Gasteiger partial charge in [0.25, 0.3) is 0 Å². The highest BCUT2D eigenvalue weighted by molar-refractivity contribution is 5.31. The highest BCUT2D eigenvalue weighted by atomic mass is 15.2. The molecule has 0 aromatic heterocycles. The van der Waals surface area contributed by atoms with E-state index in [9.17, 15) is 0 Å². The van der Waals surface area contributed by atoms with Crippen LogP contribution in [0.5, 0.6) is 0 Å². The van der Waals surface area contributed by atoms with Gasteiger partial charge in [-0.05, 0) is 49.4 Å². The van der Waals surface area contributed by atoms with Gasteiger partial charge in [0.05, 0.1) is 11.6 Å². The molecule has 0 radical (unpaired) electrons. The molecule has 1 aromatic rings. The third kappa shape index (κ3) is 1.83.